The number of hydrogen-bond donors (Lipinski definition) is 2. The number of ether oxygens (including phenoxy) is 1. The Kier molecular flexibility index (Phi) is 8.89. The lowest BCUT2D eigenvalue weighted by atomic mass is 10.0. The lowest BCUT2D eigenvalue weighted by Gasteiger charge is -2.21. The smallest absolute Gasteiger partial charge is 0.328 e. The number of Topliss-reactive ketones (excluding diaryl/α,β-unsaturated/α-hetero) is 1. The van der Waals surface area contributed by atoms with E-state index in [1.54, 1.807) is 27.7 Å². The monoisotopic (exact) mass is 313 g/mol. The Morgan fingerprint density at radius 1 is 1.27 bits per heavy atom. The molecule has 2 N–H and O–H groups in total. The van der Waals surface area contributed by atoms with Gasteiger partial charge >= 0.3 is 12.2 Å². The number of rotatable bonds is 9. The first kappa shape index (κ1) is 19.9. The number of amides is 1. The van der Waals surface area contributed by atoms with E-state index < -0.39 is 29.8 Å². The highest BCUT2D eigenvalue weighted by molar-refractivity contribution is 6.25. The maximum absolute atomic E-state index is 11.9. The first-order valence-electron chi connectivity index (χ1n) is 7.08. The quantitative estimate of drug-likeness (QED) is 0.270. The van der Waals surface area contributed by atoms with Crippen molar-refractivity contribution >= 4 is 23.9 Å². The van der Waals surface area contributed by atoms with Gasteiger partial charge in [-0.3, -0.25) is 9.59 Å². The molecule has 1 amide bonds. The van der Waals surface area contributed by atoms with Crippen LogP contribution in [0.1, 0.15) is 40.5 Å². The van der Waals surface area contributed by atoms with Gasteiger partial charge in [0.05, 0.1) is 6.10 Å². The topological polar surface area (TPSA) is 129 Å². The summed E-state index contributed by atoms with van der Waals surface area (Å²) in [6.45, 7) is 6.63. The molecule has 0 aromatic carbocycles. The molecule has 124 valence electrons. The van der Waals surface area contributed by atoms with Crippen LogP contribution in [0.4, 0.5) is 0 Å². The summed E-state index contributed by atoms with van der Waals surface area (Å²) < 4.78 is 5.02. The standard InChI is InChI=1S/C14H23N3O5/c1-8(2)12(19)13(20)17-11(14(21)22-9(3)4)6-5-10(18)7-16-15/h7-9,11-12,19H,5-6H2,1-4H3,(H,17,20)/t11-,12-/m0/s1. The van der Waals surface area contributed by atoms with Crippen LogP contribution in [0.15, 0.2) is 0 Å². The zero-order valence-electron chi connectivity index (χ0n) is 13.3. The number of aliphatic hydroxyl groups is 1. The minimum absolute atomic E-state index is 0.0209. The summed E-state index contributed by atoms with van der Waals surface area (Å²) in [6.07, 6.45) is -1.05. The minimum atomic E-state index is -1.26. The average molecular weight is 313 g/mol. The van der Waals surface area contributed by atoms with Gasteiger partial charge in [0.25, 0.3) is 0 Å². The third-order valence-electron chi connectivity index (χ3n) is 2.73. The van der Waals surface area contributed by atoms with E-state index in [9.17, 15) is 19.5 Å². The second-order valence-corrected chi connectivity index (χ2v) is 5.49. The highest BCUT2D eigenvalue weighted by Crippen LogP contribution is 2.06. The molecule has 0 heterocycles. The molecule has 0 bridgehead atoms. The lowest BCUT2D eigenvalue weighted by molar-refractivity contribution is -0.152. The van der Waals surface area contributed by atoms with Gasteiger partial charge in [0.2, 0.25) is 11.7 Å². The van der Waals surface area contributed by atoms with Crippen LogP contribution in [0.3, 0.4) is 0 Å². The number of nitrogens with one attached hydrogen (secondary N) is 1. The van der Waals surface area contributed by atoms with Crippen LogP contribution in [-0.4, -0.2) is 52.0 Å². The molecule has 0 spiro atoms. The van der Waals surface area contributed by atoms with E-state index in [2.05, 4.69) is 10.1 Å². The molecule has 0 aliphatic carbocycles. The van der Waals surface area contributed by atoms with E-state index in [4.69, 9.17) is 10.3 Å². The van der Waals surface area contributed by atoms with E-state index in [0.29, 0.717) is 0 Å². The Morgan fingerprint density at radius 3 is 2.32 bits per heavy atom. The van der Waals surface area contributed by atoms with E-state index in [1.165, 1.54) is 0 Å². The molecular weight excluding hydrogens is 290 g/mol. The highest BCUT2D eigenvalue weighted by Gasteiger charge is 2.28. The van der Waals surface area contributed by atoms with Crippen molar-refractivity contribution in [3.05, 3.63) is 5.53 Å². The molecule has 0 saturated heterocycles. The van der Waals surface area contributed by atoms with Crippen molar-refractivity contribution in [1.82, 2.24) is 5.32 Å². The summed E-state index contributed by atoms with van der Waals surface area (Å²) in [5.74, 6) is -2.20. The molecular formula is C14H23N3O5. The van der Waals surface area contributed by atoms with Crippen molar-refractivity contribution in [3.63, 3.8) is 0 Å². The van der Waals surface area contributed by atoms with Crippen molar-refractivity contribution in [2.45, 2.75) is 58.8 Å². The van der Waals surface area contributed by atoms with Crippen molar-refractivity contribution in [3.8, 4) is 0 Å². The number of nitrogens with zero attached hydrogens (tertiary/aromatic N) is 2. The third-order valence-corrected chi connectivity index (χ3v) is 2.73. The van der Waals surface area contributed by atoms with Gasteiger partial charge in [-0.25, -0.2) is 4.79 Å². The molecule has 0 fully saturated rings. The van der Waals surface area contributed by atoms with Gasteiger partial charge in [-0.15, -0.1) is 0 Å². The minimum Gasteiger partial charge on any atom is -0.461 e. The molecule has 8 heteroatoms. The highest BCUT2D eigenvalue weighted by atomic mass is 16.5. The summed E-state index contributed by atoms with van der Waals surface area (Å²) in [6, 6.07) is -1.06. The van der Waals surface area contributed by atoms with Crippen molar-refractivity contribution in [2.75, 3.05) is 0 Å². The normalized spacial score (nSPS) is 13.2. The average Bonchev–Trinajstić information content (AvgIpc) is 2.41. The molecule has 0 aromatic heterocycles. The zero-order valence-corrected chi connectivity index (χ0v) is 13.3. The van der Waals surface area contributed by atoms with Crippen molar-refractivity contribution in [2.24, 2.45) is 5.92 Å². The fourth-order valence-electron chi connectivity index (χ4n) is 1.54. The first-order chi connectivity index (χ1) is 10.2. The van der Waals surface area contributed by atoms with Crippen molar-refractivity contribution in [1.29, 1.82) is 0 Å². The van der Waals surface area contributed by atoms with E-state index in [-0.39, 0.29) is 24.9 Å². The van der Waals surface area contributed by atoms with Crippen LogP contribution < -0.4 is 5.32 Å². The summed E-state index contributed by atoms with van der Waals surface area (Å²) in [5, 5.41) is 12.1. The number of aliphatic hydroxyl groups excluding tert-OH is 1. The second-order valence-electron chi connectivity index (χ2n) is 5.49. The van der Waals surface area contributed by atoms with Crippen LogP contribution in [0.25, 0.3) is 5.53 Å². The zero-order chi connectivity index (χ0) is 17.3. The maximum Gasteiger partial charge on any atom is 0.328 e. The number of carbonyl (C=O) groups is 3. The fourth-order valence-corrected chi connectivity index (χ4v) is 1.54. The fraction of sp³-hybridized carbons (Fsp3) is 0.714. The summed E-state index contributed by atoms with van der Waals surface area (Å²) in [5.41, 5.74) is 8.26. The van der Waals surface area contributed by atoms with Gasteiger partial charge in [-0.1, -0.05) is 13.8 Å². The number of esters is 1. The van der Waals surface area contributed by atoms with Gasteiger partial charge in [0.15, 0.2) is 0 Å². The van der Waals surface area contributed by atoms with E-state index >= 15 is 0 Å². The molecule has 0 saturated carbocycles. The summed E-state index contributed by atoms with van der Waals surface area (Å²) in [4.78, 5) is 37.7. The van der Waals surface area contributed by atoms with Crippen molar-refractivity contribution < 1.29 is 29.0 Å². The third kappa shape index (κ3) is 7.66. The molecule has 0 rings (SSSR count). The van der Waals surface area contributed by atoms with Gasteiger partial charge in [-0.05, 0) is 26.2 Å². The molecule has 2 atom stereocenters. The Labute approximate surface area is 129 Å². The molecule has 0 radical (unpaired) electrons. The van der Waals surface area contributed by atoms with Crippen LogP contribution in [-0.2, 0) is 19.1 Å². The first-order valence-corrected chi connectivity index (χ1v) is 7.08. The molecule has 0 unspecified atom stereocenters. The Bertz CT molecular complexity index is 455. The van der Waals surface area contributed by atoms with Gasteiger partial charge in [-0.2, -0.15) is 4.79 Å². The van der Waals surface area contributed by atoms with E-state index in [0.717, 1.165) is 6.21 Å². The maximum atomic E-state index is 11.9. The molecule has 0 aromatic rings. The van der Waals surface area contributed by atoms with Gasteiger partial charge in [0.1, 0.15) is 12.1 Å². The predicted octanol–water partition coefficient (Wildman–Crippen LogP) is 0.0896. The number of ketones is 1. The molecule has 0 aliphatic heterocycles. The van der Waals surface area contributed by atoms with Crippen LogP contribution in [0, 0.1) is 5.92 Å². The summed E-state index contributed by atoms with van der Waals surface area (Å²) in [7, 11) is 0. The van der Waals surface area contributed by atoms with Gasteiger partial charge in [0, 0.05) is 6.42 Å². The SMILES string of the molecule is CC(C)OC(=O)[C@H](CCC(=O)C=[N+]=[N-])NC(=O)[C@@H](O)C(C)C. The second kappa shape index (κ2) is 9.81. The molecule has 8 nitrogen and oxygen atoms in total. The number of carbonyl (C=O) groups excluding carboxylic acids is 3. The molecule has 22 heavy (non-hydrogen) atoms. The summed E-state index contributed by atoms with van der Waals surface area (Å²) >= 11 is 0. The Balaban J connectivity index is 4.85. The van der Waals surface area contributed by atoms with Crippen LogP contribution in [0.5, 0.6) is 0 Å². The lowest BCUT2D eigenvalue weighted by Crippen LogP contribution is -2.48. The predicted molar refractivity (Wildman–Crippen MR) is 77.9 cm³/mol. The Hall–Kier alpha value is -2.05. The van der Waals surface area contributed by atoms with Gasteiger partial charge < -0.3 is 20.7 Å². The molecule has 0 aliphatic rings. The largest absolute Gasteiger partial charge is 0.461 e. The Morgan fingerprint density at radius 2 is 1.86 bits per heavy atom. The van der Waals surface area contributed by atoms with Crippen LogP contribution in [0.2, 0.25) is 0 Å². The number of hydrogen-bond acceptors (Lipinski definition) is 5. The van der Waals surface area contributed by atoms with Crippen LogP contribution >= 0.6 is 0 Å². The van der Waals surface area contributed by atoms with E-state index in [1.807, 2.05) is 0 Å².